The highest BCUT2D eigenvalue weighted by Crippen LogP contribution is 2.25. The van der Waals surface area contributed by atoms with Gasteiger partial charge in [0, 0.05) is 20.7 Å². The van der Waals surface area contributed by atoms with E-state index in [9.17, 15) is 4.79 Å². The van der Waals surface area contributed by atoms with Crippen LogP contribution in [0.4, 0.5) is 5.69 Å². The van der Waals surface area contributed by atoms with Crippen LogP contribution in [-0.4, -0.2) is 20.7 Å². The molecule has 0 saturated heterocycles. The van der Waals surface area contributed by atoms with Gasteiger partial charge in [-0.3, -0.25) is 4.79 Å². The number of aromatic nitrogens is 3. The molecule has 150 valence electrons. The Morgan fingerprint density at radius 1 is 1.00 bits per heavy atom. The van der Waals surface area contributed by atoms with Gasteiger partial charge in [-0.15, -0.1) is 5.10 Å². The second-order valence-electron chi connectivity index (χ2n) is 6.93. The maximum atomic E-state index is 12.9. The average molecular weight is 482 g/mol. The van der Waals surface area contributed by atoms with Gasteiger partial charge in [-0.05, 0) is 79.6 Å². The summed E-state index contributed by atoms with van der Waals surface area (Å²) >= 11 is 9.44. The van der Waals surface area contributed by atoms with E-state index in [2.05, 4.69) is 31.3 Å². The van der Waals surface area contributed by atoms with Crippen LogP contribution in [0.1, 0.15) is 21.7 Å². The molecule has 0 radical (unpaired) electrons. The zero-order chi connectivity index (χ0) is 21.3. The summed E-state index contributed by atoms with van der Waals surface area (Å²) in [4.78, 5) is 17.4. The first-order valence-electron chi connectivity index (χ1n) is 9.28. The van der Waals surface area contributed by atoms with Crippen LogP contribution in [0, 0.1) is 13.8 Å². The molecular weight excluding hydrogens is 464 g/mol. The largest absolute Gasteiger partial charge is 0.319 e. The smallest absolute Gasteiger partial charge is 0.295 e. The third-order valence-electron chi connectivity index (χ3n) is 4.61. The normalized spacial score (nSPS) is 10.8. The van der Waals surface area contributed by atoms with Crippen molar-refractivity contribution in [3.05, 3.63) is 93.2 Å². The number of nitrogens with zero attached hydrogens (tertiary/aromatic N) is 3. The molecule has 0 aliphatic heterocycles. The van der Waals surface area contributed by atoms with Crippen molar-refractivity contribution in [1.29, 1.82) is 0 Å². The topological polar surface area (TPSA) is 59.8 Å². The number of hydrogen-bond donors (Lipinski definition) is 1. The Labute approximate surface area is 187 Å². The molecule has 0 fully saturated rings. The van der Waals surface area contributed by atoms with Gasteiger partial charge < -0.3 is 5.32 Å². The van der Waals surface area contributed by atoms with Crippen molar-refractivity contribution < 1.29 is 4.79 Å². The van der Waals surface area contributed by atoms with Gasteiger partial charge in [0.05, 0.1) is 5.69 Å². The maximum Gasteiger partial charge on any atom is 0.295 e. The van der Waals surface area contributed by atoms with Crippen molar-refractivity contribution in [3.63, 3.8) is 0 Å². The Morgan fingerprint density at radius 3 is 2.40 bits per heavy atom. The number of rotatable bonds is 4. The van der Waals surface area contributed by atoms with Crippen molar-refractivity contribution in [3.8, 4) is 17.1 Å². The van der Waals surface area contributed by atoms with E-state index in [1.807, 2.05) is 68.4 Å². The minimum absolute atomic E-state index is 0.0868. The lowest BCUT2D eigenvalue weighted by Crippen LogP contribution is -2.14. The van der Waals surface area contributed by atoms with Crippen LogP contribution in [0.3, 0.4) is 0 Å². The molecule has 1 N–H and O–H groups in total. The van der Waals surface area contributed by atoms with E-state index in [1.54, 1.807) is 16.8 Å². The fraction of sp³-hybridized carbons (Fsp3) is 0.0870. The van der Waals surface area contributed by atoms with E-state index >= 15 is 0 Å². The molecule has 0 atom stereocenters. The number of benzene rings is 3. The summed E-state index contributed by atoms with van der Waals surface area (Å²) in [5.74, 6) is 0.279. The van der Waals surface area contributed by atoms with Gasteiger partial charge in [-0.2, -0.15) is 0 Å². The first-order chi connectivity index (χ1) is 14.4. The molecule has 0 aliphatic rings. The molecule has 5 nitrogen and oxygen atoms in total. The van der Waals surface area contributed by atoms with E-state index in [-0.39, 0.29) is 11.7 Å². The number of carbonyl (C=O) groups is 1. The Bertz CT molecular complexity index is 1220. The number of aryl methyl sites for hydroxylation is 2. The maximum absolute atomic E-state index is 12.9. The summed E-state index contributed by atoms with van der Waals surface area (Å²) in [6, 6.07) is 20.7. The molecule has 0 bridgehead atoms. The van der Waals surface area contributed by atoms with E-state index < -0.39 is 0 Å². The van der Waals surface area contributed by atoms with Gasteiger partial charge in [-0.1, -0.05) is 39.7 Å². The zero-order valence-electron chi connectivity index (χ0n) is 16.4. The standard InChI is InChI=1S/C23H18BrClN4O/c1-14-3-4-15(2)20(13-14)29-22(16-5-9-18(25)10-6-16)27-21(28-29)23(30)26-19-11-7-17(24)8-12-19/h3-13H,1-2H3,(H,26,30). The highest BCUT2D eigenvalue weighted by Gasteiger charge is 2.20. The van der Waals surface area contributed by atoms with Crippen molar-refractivity contribution in [1.82, 2.24) is 14.8 Å². The molecule has 1 aromatic heterocycles. The minimum Gasteiger partial charge on any atom is -0.319 e. The van der Waals surface area contributed by atoms with E-state index in [4.69, 9.17) is 11.6 Å². The fourth-order valence-corrected chi connectivity index (χ4v) is 3.42. The van der Waals surface area contributed by atoms with Crippen LogP contribution in [0.5, 0.6) is 0 Å². The van der Waals surface area contributed by atoms with Crippen LogP contribution < -0.4 is 5.32 Å². The molecule has 0 aliphatic carbocycles. The van der Waals surface area contributed by atoms with Gasteiger partial charge in [0.2, 0.25) is 5.82 Å². The number of anilines is 1. The van der Waals surface area contributed by atoms with Crippen LogP contribution in [-0.2, 0) is 0 Å². The third kappa shape index (κ3) is 4.30. The lowest BCUT2D eigenvalue weighted by Gasteiger charge is -2.10. The molecule has 4 rings (SSSR count). The molecule has 4 aromatic rings. The van der Waals surface area contributed by atoms with Gasteiger partial charge in [-0.25, -0.2) is 9.67 Å². The molecule has 0 saturated carbocycles. The Morgan fingerprint density at radius 2 is 1.70 bits per heavy atom. The summed E-state index contributed by atoms with van der Waals surface area (Å²) in [6.45, 7) is 4.02. The highest BCUT2D eigenvalue weighted by molar-refractivity contribution is 9.10. The monoisotopic (exact) mass is 480 g/mol. The number of nitrogens with one attached hydrogen (secondary N) is 1. The lowest BCUT2D eigenvalue weighted by molar-refractivity contribution is 0.101. The van der Waals surface area contributed by atoms with Crippen molar-refractivity contribution >= 4 is 39.1 Å². The van der Waals surface area contributed by atoms with Gasteiger partial charge >= 0.3 is 0 Å². The second-order valence-corrected chi connectivity index (χ2v) is 8.28. The molecule has 7 heteroatoms. The quantitative estimate of drug-likeness (QED) is 0.376. The number of carbonyl (C=O) groups excluding carboxylic acids is 1. The lowest BCUT2D eigenvalue weighted by atomic mass is 10.1. The van der Waals surface area contributed by atoms with E-state index in [1.165, 1.54) is 0 Å². The fourth-order valence-electron chi connectivity index (χ4n) is 3.03. The predicted molar refractivity (Wildman–Crippen MR) is 123 cm³/mol. The van der Waals surface area contributed by atoms with Gasteiger partial charge in [0.1, 0.15) is 0 Å². The van der Waals surface area contributed by atoms with Crippen LogP contribution in [0.2, 0.25) is 5.02 Å². The van der Waals surface area contributed by atoms with Crippen molar-refractivity contribution in [2.45, 2.75) is 13.8 Å². The highest BCUT2D eigenvalue weighted by atomic mass is 79.9. The Balaban J connectivity index is 1.79. The number of halogens is 2. The molecular formula is C23H18BrClN4O. The van der Waals surface area contributed by atoms with Crippen LogP contribution >= 0.6 is 27.5 Å². The molecule has 0 spiro atoms. The number of hydrogen-bond acceptors (Lipinski definition) is 3. The van der Waals surface area contributed by atoms with E-state index in [0.29, 0.717) is 16.5 Å². The van der Waals surface area contributed by atoms with Crippen molar-refractivity contribution in [2.24, 2.45) is 0 Å². The molecule has 30 heavy (non-hydrogen) atoms. The summed E-state index contributed by atoms with van der Waals surface area (Å²) in [7, 11) is 0. The SMILES string of the molecule is Cc1ccc(C)c(-n2nc(C(=O)Nc3ccc(Br)cc3)nc2-c2ccc(Cl)cc2)c1. The van der Waals surface area contributed by atoms with E-state index in [0.717, 1.165) is 26.9 Å². The number of amides is 1. The first-order valence-corrected chi connectivity index (χ1v) is 10.5. The van der Waals surface area contributed by atoms with Gasteiger partial charge in [0.25, 0.3) is 5.91 Å². The summed E-state index contributed by atoms with van der Waals surface area (Å²) in [5, 5.41) is 8.02. The second kappa shape index (κ2) is 8.42. The predicted octanol–water partition coefficient (Wildman–Crippen LogP) is 6.22. The molecule has 3 aromatic carbocycles. The molecule has 0 unspecified atom stereocenters. The molecule has 1 amide bonds. The van der Waals surface area contributed by atoms with Gasteiger partial charge in [0.15, 0.2) is 5.82 Å². The minimum atomic E-state index is -0.378. The molecule has 1 heterocycles. The third-order valence-corrected chi connectivity index (χ3v) is 5.39. The van der Waals surface area contributed by atoms with Crippen LogP contribution in [0.25, 0.3) is 17.1 Å². The Kier molecular flexibility index (Phi) is 5.70. The summed E-state index contributed by atoms with van der Waals surface area (Å²) < 4.78 is 2.64. The Hall–Kier alpha value is -2.96. The first kappa shape index (κ1) is 20.3. The van der Waals surface area contributed by atoms with Crippen molar-refractivity contribution in [2.75, 3.05) is 5.32 Å². The summed E-state index contributed by atoms with van der Waals surface area (Å²) in [6.07, 6.45) is 0. The zero-order valence-corrected chi connectivity index (χ0v) is 18.7. The summed E-state index contributed by atoms with van der Waals surface area (Å²) in [5.41, 5.74) is 4.47. The van der Waals surface area contributed by atoms with Crippen LogP contribution in [0.15, 0.2) is 71.2 Å². The average Bonchev–Trinajstić information content (AvgIpc) is 3.17.